The quantitative estimate of drug-likeness (QED) is 0.840. The minimum absolute atomic E-state index is 0.0213. The molecule has 1 aliphatic rings. The average molecular weight is 229 g/mol. The van der Waals surface area contributed by atoms with Gasteiger partial charge in [-0.05, 0) is 17.2 Å². The third-order valence-electron chi connectivity index (χ3n) is 3.11. The molecule has 1 aromatic heterocycles. The van der Waals surface area contributed by atoms with Crippen LogP contribution in [0.5, 0.6) is 5.75 Å². The highest BCUT2D eigenvalue weighted by atomic mass is 16.5. The molecule has 1 aliphatic heterocycles. The van der Waals surface area contributed by atoms with E-state index in [0.29, 0.717) is 0 Å². The summed E-state index contributed by atoms with van der Waals surface area (Å²) < 4.78 is 5.48. The number of fused-ring (bicyclic) bond motifs is 1. The van der Waals surface area contributed by atoms with Crippen LogP contribution < -0.4 is 10.5 Å². The third-order valence-corrected chi connectivity index (χ3v) is 3.11. The van der Waals surface area contributed by atoms with Gasteiger partial charge in [0, 0.05) is 31.3 Å². The third kappa shape index (κ3) is 2.03. The van der Waals surface area contributed by atoms with Crippen LogP contribution in [0, 0.1) is 0 Å². The Morgan fingerprint density at radius 3 is 3.24 bits per heavy atom. The predicted octanol–water partition coefficient (Wildman–Crippen LogP) is 1.59. The molecule has 1 atom stereocenters. The maximum Gasteiger partial charge on any atom is 0.122 e. The Hall–Kier alpha value is -1.81. The van der Waals surface area contributed by atoms with Crippen LogP contribution in [0.4, 0.5) is 0 Å². The number of aromatic amines is 1. The normalized spacial score (nSPS) is 15.4. The molecule has 0 radical (unpaired) electrons. The number of nitrogens with two attached hydrogens (primary N) is 1. The van der Waals surface area contributed by atoms with Crippen molar-refractivity contribution >= 4 is 0 Å². The molecular formula is C13H15N3O. The Morgan fingerprint density at radius 2 is 2.41 bits per heavy atom. The van der Waals surface area contributed by atoms with Crippen molar-refractivity contribution in [1.82, 2.24) is 9.97 Å². The highest BCUT2D eigenvalue weighted by Gasteiger charge is 2.15. The molecule has 1 aromatic carbocycles. The standard InChI is InChI=1S/C13H15N3O/c14-11(8-13-15-4-5-16-13)9-1-2-12-10(7-9)3-6-17-12/h1-2,4-5,7,11H,3,6,8,14H2,(H,15,16). The topological polar surface area (TPSA) is 63.9 Å². The molecule has 0 bridgehead atoms. The summed E-state index contributed by atoms with van der Waals surface area (Å²) in [6, 6.07) is 6.18. The van der Waals surface area contributed by atoms with Crippen molar-refractivity contribution in [2.24, 2.45) is 5.73 Å². The zero-order valence-electron chi connectivity index (χ0n) is 9.52. The van der Waals surface area contributed by atoms with Gasteiger partial charge >= 0.3 is 0 Å². The smallest absolute Gasteiger partial charge is 0.122 e. The van der Waals surface area contributed by atoms with Crippen LogP contribution >= 0.6 is 0 Å². The molecule has 0 fully saturated rings. The largest absolute Gasteiger partial charge is 0.493 e. The summed E-state index contributed by atoms with van der Waals surface area (Å²) in [4.78, 5) is 7.27. The van der Waals surface area contributed by atoms with Crippen LogP contribution in [0.15, 0.2) is 30.6 Å². The Kier molecular flexibility index (Phi) is 2.57. The van der Waals surface area contributed by atoms with E-state index >= 15 is 0 Å². The van der Waals surface area contributed by atoms with Crippen molar-refractivity contribution < 1.29 is 4.74 Å². The second-order valence-corrected chi connectivity index (χ2v) is 4.31. The van der Waals surface area contributed by atoms with Gasteiger partial charge in [-0.25, -0.2) is 4.98 Å². The van der Waals surface area contributed by atoms with Crippen molar-refractivity contribution in [2.75, 3.05) is 6.61 Å². The predicted molar refractivity (Wildman–Crippen MR) is 64.9 cm³/mol. The molecule has 2 heterocycles. The number of hydrogen-bond donors (Lipinski definition) is 2. The zero-order chi connectivity index (χ0) is 11.7. The second kappa shape index (κ2) is 4.22. The van der Waals surface area contributed by atoms with Crippen LogP contribution in [0.25, 0.3) is 0 Å². The van der Waals surface area contributed by atoms with E-state index < -0.39 is 0 Å². The Balaban J connectivity index is 1.79. The molecule has 1 unspecified atom stereocenters. The van der Waals surface area contributed by atoms with Crippen molar-refractivity contribution in [2.45, 2.75) is 18.9 Å². The van der Waals surface area contributed by atoms with Gasteiger partial charge in [-0.1, -0.05) is 12.1 Å². The van der Waals surface area contributed by atoms with Crippen molar-refractivity contribution in [3.8, 4) is 5.75 Å². The molecule has 0 amide bonds. The zero-order valence-corrected chi connectivity index (χ0v) is 9.52. The SMILES string of the molecule is NC(Cc1ncc[nH]1)c1ccc2c(c1)CCO2. The van der Waals surface area contributed by atoms with E-state index in [0.717, 1.165) is 36.6 Å². The number of benzene rings is 1. The minimum Gasteiger partial charge on any atom is -0.493 e. The van der Waals surface area contributed by atoms with Crippen molar-refractivity contribution in [3.63, 3.8) is 0 Å². The number of imidazole rings is 1. The van der Waals surface area contributed by atoms with Crippen molar-refractivity contribution in [3.05, 3.63) is 47.5 Å². The number of nitrogens with zero attached hydrogens (tertiary/aromatic N) is 1. The minimum atomic E-state index is -0.0213. The van der Waals surface area contributed by atoms with Gasteiger partial charge < -0.3 is 15.5 Å². The Morgan fingerprint density at radius 1 is 1.47 bits per heavy atom. The summed E-state index contributed by atoms with van der Waals surface area (Å²) in [5.74, 6) is 1.92. The molecule has 3 rings (SSSR count). The van der Waals surface area contributed by atoms with Gasteiger partial charge in [0.2, 0.25) is 0 Å². The lowest BCUT2D eigenvalue weighted by Gasteiger charge is -2.11. The van der Waals surface area contributed by atoms with E-state index in [9.17, 15) is 0 Å². The average Bonchev–Trinajstić information content (AvgIpc) is 2.97. The molecule has 3 N–H and O–H groups in total. The first-order chi connectivity index (χ1) is 8.33. The lowest BCUT2D eigenvalue weighted by atomic mass is 10.0. The first-order valence-electron chi connectivity index (χ1n) is 5.82. The van der Waals surface area contributed by atoms with Gasteiger partial charge in [-0.3, -0.25) is 0 Å². The molecule has 2 aromatic rings. The maximum atomic E-state index is 6.18. The fraction of sp³-hybridized carbons (Fsp3) is 0.308. The highest BCUT2D eigenvalue weighted by Crippen LogP contribution is 2.28. The summed E-state index contributed by atoms with van der Waals surface area (Å²) in [6.45, 7) is 0.784. The van der Waals surface area contributed by atoms with Gasteiger partial charge in [-0.2, -0.15) is 0 Å². The maximum absolute atomic E-state index is 6.18. The van der Waals surface area contributed by atoms with E-state index in [1.165, 1.54) is 5.56 Å². The number of H-pyrrole nitrogens is 1. The fourth-order valence-electron chi connectivity index (χ4n) is 2.17. The number of nitrogens with one attached hydrogen (secondary N) is 1. The summed E-state index contributed by atoms with van der Waals surface area (Å²) in [7, 11) is 0. The molecule has 88 valence electrons. The van der Waals surface area contributed by atoms with E-state index in [1.807, 2.05) is 18.3 Å². The van der Waals surface area contributed by atoms with Crippen LogP contribution in [0.2, 0.25) is 0 Å². The van der Waals surface area contributed by atoms with Crippen LogP contribution in [0.3, 0.4) is 0 Å². The summed E-state index contributed by atoms with van der Waals surface area (Å²) >= 11 is 0. The molecular weight excluding hydrogens is 214 g/mol. The molecule has 0 spiro atoms. The molecule has 0 saturated heterocycles. The molecule has 0 aliphatic carbocycles. The first-order valence-corrected chi connectivity index (χ1v) is 5.82. The number of ether oxygens (including phenoxy) is 1. The number of aromatic nitrogens is 2. The second-order valence-electron chi connectivity index (χ2n) is 4.31. The summed E-state index contributed by atoms with van der Waals surface area (Å²) in [5.41, 5.74) is 8.59. The van der Waals surface area contributed by atoms with E-state index in [-0.39, 0.29) is 6.04 Å². The van der Waals surface area contributed by atoms with Crippen molar-refractivity contribution in [1.29, 1.82) is 0 Å². The van der Waals surface area contributed by atoms with Crippen LogP contribution in [-0.2, 0) is 12.8 Å². The molecule has 17 heavy (non-hydrogen) atoms. The summed E-state index contributed by atoms with van der Waals surface area (Å²) in [5, 5.41) is 0. The van der Waals surface area contributed by atoms with E-state index in [1.54, 1.807) is 6.20 Å². The van der Waals surface area contributed by atoms with Gasteiger partial charge in [0.15, 0.2) is 0 Å². The lowest BCUT2D eigenvalue weighted by Crippen LogP contribution is -2.14. The van der Waals surface area contributed by atoms with Crippen LogP contribution in [0.1, 0.15) is 23.0 Å². The number of hydrogen-bond acceptors (Lipinski definition) is 3. The monoisotopic (exact) mass is 229 g/mol. The molecule has 4 heteroatoms. The van der Waals surface area contributed by atoms with Gasteiger partial charge in [0.1, 0.15) is 11.6 Å². The van der Waals surface area contributed by atoms with Gasteiger partial charge in [-0.15, -0.1) is 0 Å². The van der Waals surface area contributed by atoms with E-state index in [2.05, 4.69) is 16.0 Å². The van der Waals surface area contributed by atoms with Crippen LogP contribution in [-0.4, -0.2) is 16.6 Å². The molecule has 4 nitrogen and oxygen atoms in total. The fourth-order valence-corrected chi connectivity index (χ4v) is 2.17. The highest BCUT2D eigenvalue weighted by molar-refractivity contribution is 5.40. The van der Waals surface area contributed by atoms with Gasteiger partial charge in [0.05, 0.1) is 6.61 Å². The lowest BCUT2D eigenvalue weighted by molar-refractivity contribution is 0.357. The van der Waals surface area contributed by atoms with Gasteiger partial charge in [0.25, 0.3) is 0 Å². The summed E-state index contributed by atoms with van der Waals surface area (Å²) in [6.07, 6.45) is 5.28. The first kappa shape index (κ1) is 10.4. The van der Waals surface area contributed by atoms with E-state index in [4.69, 9.17) is 10.5 Å². The molecule has 0 saturated carbocycles. The Labute approximate surface area is 99.8 Å². The Bertz CT molecular complexity index is 507. The number of rotatable bonds is 3.